The van der Waals surface area contributed by atoms with E-state index in [1.165, 1.54) is 29.1 Å². The molecular weight excluding hydrogens is 235 g/mol. The predicted octanol–water partition coefficient (Wildman–Crippen LogP) is 1.27. The largest absolute Gasteiger partial charge is 0.326 e. The van der Waals surface area contributed by atoms with Gasteiger partial charge in [0.1, 0.15) is 5.82 Å². The summed E-state index contributed by atoms with van der Waals surface area (Å²) in [5.74, 6) is -0.672. The van der Waals surface area contributed by atoms with E-state index >= 15 is 0 Å². The third kappa shape index (κ3) is 2.54. The van der Waals surface area contributed by atoms with Gasteiger partial charge < -0.3 is 11.1 Å². The number of hydrogen-bond acceptors (Lipinski definition) is 3. The van der Waals surface area contributed by atoms with E-state index in [-0.39, 0.29) is 18.3 Å². The van der Waals surface area contributed by atoms with Gasteiger partial charge in [-0.15, -0.1) is 0 Å². The van der Waals surface area contributed by atoms with Gasteiger partial charge in [-0.25, -0.2) is 4.39 Å². The van der Waals surface area contributed by atoms with Crippen LogP contribution in [0.4, 0.5) is 10.1 Å². The first kappa shape index (κ1) is 12.3. The summed E-state index contributed by atoms with van der Waals surface area (Å²) < 4.78 is 14.8. The van der Waals surface area contributed by atoms with Crippen LogP contribution >= 0.6 is 0 Å². The lowest BCUT2D eigenvalue weighted by Crippen LogP contribution is -2.12. The highest BCUT2D eigenvalue weighted by molar-refractivity contribution is 6.03. The highest BCUT2D eigenvalue weighted by Gasteiger charge is 2.09. The van der Waals surface area contributed by atoms with Crippen LogP contribution in [0.1, 0.15) is 15.9 Å². The van der Waals surface area contributed by atoms with Crippen LogP contribution in [-0.2, 0) is 13.6 Å². The van der Waals surface area contributed by atoms with Crippen molar-refractivity contribution in [3.8, 4) is 0 Å². The normalized spacial score (nSPS) is 10.4. The average Bonchev–Trinajstić information content (AvgIpc) is 2.78. The third-order valence-electron chi connectivity index (χ3n) is 2.49. The minimum atomic E-state index is -0.378. The minimum Gasteiger partial charge on any atom is -0.326 e. The molecule has 3 N–H and O–H groups in total. The number of amides is 1. The molecule has 0 saturated carbocycles. The molecule has 0 unspecified atom stereocenters. The van der Waals surface area contributed by atoms with E-state index in [0.717, 1.165) is 0 Å². The van der Waals surface area contributed by atoms with E-state index < -0.39 is 0 Å². The van der Waals surface area contributed by atoms with Crippen LogP contribution in [0.25, 0.3) is 0 Å². The van der Waals surface area contributed by atoms with Gasteiger partial charge in [-0.3, -0.25) is 9.48 Å². The lowest BCUT2D eigenvalue weighted by atomic mass is 10.2. The second kappa shape index (κ2) is 4.97. The summed E-state index contributed by atoms with van der Waals surface area (Å²) in [5, 5.41) is 6.56. The van der Waals surface area contributed by atoms with Crippen molar-refractivity contribution in [2.75, 3.05) is 5.32 Å². The minimum absolute atomic E-state index is 0.0858. The summed E-state index contributed by atoms with van der Waals surface area (Å²) >= 11 is 0. The molecule has 2 aromatic rings. The maximum Gasteiger partial charge on any atom is 0.258 e. The number of nitrogens with one attached hydrogen (secondary N) is 1. The Morgan fingerprint density at radius 2 is 2.33 bits per heavy atom. The van der Waals surface area contributed by atoms with E-state index in [4.69, 9.17) is 5.73 Å². The molecular formula is C12H13FN4O. The molecule has 1 heterocycles. The van der Waals surface area contributed by atoms with Crippen LogP contribution in [0.5, 0.6) is 0 Å². The fourth-order valence-corrected chi connectivity index (χ4v) is 1.55. The molecule has 2 rings (SSSR count). The summed E-state index contributed by atoms with van der Waals surface area (Å²) in [6.45, 7) is 0.0858. The lowest BCUT2D eigenvalue weighted by molar-refractivity contribution is 0.102. The molecule has 1 aromatic heterocycles. The van der Waals surface area contributed by atoms with Crippen LogP contribution in [0, 0.1) is 5.82 Å². The Labute approximate surface area is 103 Å². The summed E-state index contributed by atoms with van der Waals surface area (Å²) in [4.78, 5) is 11.8. The van der Waals surface area contributed by atoms with E-state index in [1.807, 2.05) is 0 Å². The molecule has 6 heteroatoms. The second-order valence-electron chi connectivity index (χ2n) is 3.87. The number of aryl methyl sites for hydroxylation is 1. The van der Waals surface area contributed by atoms with Crippen molar-refractivity contribution in [3.05, 3.63) is 47.5 Å². The summed E-state index contributed by atoms with van der Waals surface area (Å²) in [6.07, 6.45) is 3.06. The molecule has 94 valence electrons. The Hall–Kier alpha value is -2.21. The van der Waals surface area contributed by atoms with Gasteiger partial charge in [0.25, 0.3) is 5.91 Å². The summed E-state index contributed by atoms with van der Waals surface area (Å²) in [6, 6.07) is 4.29. The molecule has 0 atom stereocenters. The fraction of sp³-hybridized carbons (Fsp3) is 0.167. The highest BCUT2D eigenvalue weighted by Crippen LogP contribution is 2.15. The van der Waals surface area contributed by atoms with Crippen LogP contribution in [0.2, 0.25) is 0 Å². The number of carbonyl (C=O) groups is 1. The summed E-state index contributed by atoms with van der Waals surface area (Å²) in [5.41, 5.74) is 6.71. The Morgan fingerprint density at radius 3 is 2.94 bits per heavy atom. The highest BCUT2D eigenvalue weighted by atomic mass is 19.1. The Morgan fingerprint density at radius 1 is 1.56 bits per heavy atom. The fourth-order valence-electron chi connectivity index (χ4n) is 1.55. The van der Waals surface area contributed by atoms with E-state index in [2.05, 4.69) is 10.4 Å². The first-order valence-corrected chi connectivity index (χ1v) is 5.38. The molecule has 0 spiro atoms. The van der Waals surface area contributed by atoms with Gasteiger partial charge in [-0.2, -0.15) is 5.10 Å². The van der Waals surface area contributed by atoms with Crippen molar-refractivity contribution < 1.29 is 9.18 Å². The van der Waals surface area contributed by atoms with Gasteiger partial charge in [-0.05, 0) is 18.2 Å². The Bertz CT molecular complexity index is 579. The molecule has 5 nitrogen and oxygen atoms in total. The quantitative estimate of drug-likeness (QED) is 0.859. The number of rotatable bonds is 3. The van der Waals surface area contributed by atoms with E-state index in [1.54, 1.807) is 13.2 Å². The monoisotopic (exact) mass is 248 g/mol. The molecule has 0 radical (unpaired) electrons. The maximum absolute atomic E-state index is 13.2. The number of hydrogen-bond donors (Lipinski definition) is 2. The lowest BCUT2D eigenvalue weighted by Gasteiger charge is -2.06. The zero-order valence-corrected chi connectivity index (χ0v) is 9.85. The first-order valence-electron chi connectivity index (χ1n) is 5.38. The zero-order valence-electron chi connectivity index (χ0n) is 9.85. The van der Waals surface area contributed by atoms with Crippen LogP contribution < -0.4 is 11.1 Å². The molecule has 0 aliphatic carbocycles. The van der Waals surface area contributed by atoms with Crippen molar-refractivity contribution in [2.45, 2.75) is 6.54 Å². The number of halogens is 1. The predicted molar refractivity (Wildman–Crippen MR) is 65.5 cm³/mol. The van der Waals surface area contributed by atoms with E-state index in [9.17, 15) is 9.18 Å². The standard InChI is InChI=1S/C12H13FN4O/c1-17-7-9(6-15-17)12(18)16-10-2-3-11(13)8(4-10)5-14/h2-4,6-7H,5,14H2,1H3,(H,16,18). The number of aromatic nitrogens is 2. The van der Waals surface area contributed by atoms with Crippen molar-refractivity contribution in [3.63, 3.8) is 0 Å². The van der Waals surface area contributed by atoms with Crippen LogP contribution in [0.15, 0.2) is 30.6 Å². The molecule has 1 amide bonds. The smallest absolute Gasteiger partial charge is 0.258 e. The molecule has 0 fully saturated rings. The van der Waals surface area contributed by atoms with Crippen molar-refractivity contribution in [2.24, 2.45) is 12.8 Å². The molecule has 1 aromatic carbocycles. The SMILES string of the molecule is Cn1cc(C(=O)Nc2ccc(F)c(CN)c2)cn1. The van der Waals surface area contributed by atoms with Crippen LogP contribution in [-0.4, -0.2) is 15.7 Å². The molecule has 0 bridgehead atoms. The topological polar surface area (TPSA) is 72.9 Å². The molecule has 0 saturated heterocycles. The number of carbonyl (C=O) groups excluding carboxylic acids is 1. The van der Waals surface area contributed by atoms with Crippen molar-refractivity contribution in [1.29, 1.82) is 0 Å². The Balaban J connectivity index is 2.16. The van der Waals surface area contributed by atoms with Gasteiger partial charge >= 0.3 is 0 Å². The van der Waals surface area contributed by atoms with Gasteiger partial charge in [0.2, 0.25) is 0 Å². The van der Waals surface area contributed by atoms with Gasteiger partial charge in [0, 0.05) is 31.0 Å². The van der Waals surface area contributed by atoms with Crippen molar-refractivity contribution in [1.82, 2.24) is 9.78 Å². The average molecular weight is 248 g/mol. The van der Waals surface area contributed by atoms with Crippen LogP contribution in [0.3, 0.4) is 0 Å². The van der Waals surface area contributed by atoms with Gasteiger partial charge in [0.05, 0.1) is 11.8 Å². The van der Waals surface area contributed by atoms with Gasteiger partial charge in [0.15, 0.2) is 0 Å². The molecule has 0 aliphatic heterocycles. The number of benzene rings is 1. The number of nitrogens with zero attached hydrogens (tertiary/aromatic N) is 2. The van der Waals surface area contributed by atoms with Crippen molar-refractivity contribution >= 4 is 11.6 Å². The Kier molecular flexibility index (Phi) is 3.38. The van der Waals surface area contributed by atoms with E-state index in [0.29, 0.717) is 16.8 Å². The molecule has 0 aliphatic rings. The first-order chi connectivity index (χ1) is 8.60. The third-order valence-corrected chi connectivity index (χ3v) is 2.49. The number of anilines is 1. The number of nitrogens with two attached hydrogens (primary N) is 1. The maximum atomic E-state index is 13.2. The van der Waals surface area contributed by atoms with Gasteiger partial charge in [-0.1, -0.05) is 0 Å². The summed E-state index contributed by atoms with van der Waals surface area (Å²) in [7, 11) is 1.72. The molecule has 18 heavy (non-hydrogen) atoms. The second-order valence-corrected chi connectivity index (χ2v) is 3.87. The zero-order chi connectivity index (χ0) is 13.1.